The van der Waals surface area contributed by atoms with Crippen molar-refractivity contribution in [1.82, 2.24) is 9.91 Å². The van der Waals surface area contributed by atoms with Crippen molar-refractivity contribution in [2.24, 2.45) is 10.8 Å². The Kier molecular flexibility index (Phi) is 7.56. The average Bonchev–Trinajstić information content (AvgIpc) is 3.23. The van der Waals surface area contributed by atoms with Gasteiger partial charge in [0.25, 0.3) is 5.91 Å². The Labute approximate surface area is 212 Å². The van der Waals surface area contributed by atoms with Crippen LogP contribution in [0.4, 0.5) is 11.4 Å². The number of primary amides is 1. The number of rotatable bonds is 8. The van der Waals surface area contributed by atoms with E-state index in [4.69, 9.17) is 10.5 Å². The van der Waals surface area contributed by atoms with Gasteiger partial charge in [0.05, 0.1) is 19.8 Å². The third-order valence-electron chi connectivity index (χ3n) is 6.56. The predicted molar refractivity (Wildman–Crippen MR) is 140 cm³/mol. The van der Waals surface area contributed by atoms with Crippen LogP contribution in [0.2, 0.25) is 0 Å². The van der Waals surface area contributed by atoms with Gasteiger partial charge in [0.15, 0.2) is 6.17 Å². The highest BCUT2D eigenvalue weighted by Crippen LogP contribution is 2.43. The molecule has 0 radical (unpaired) electrons. The van der Waals surface area contributed by atoms with Gasteiger partial charge in [0, 0.05) is 42.6 Å². The molecule has 0 aromatic heterocycles. The summed E-state index contributed by atoms with van der Waals surface area (Å²) in [4.78, 5) is 18.6. The molecule has 10 heteroatoms. The Morgan fingerprint density at radius 1 is 1.11 bits per heavy atom. The van der Waals surface area contributed by atoms with Gasteiger partial charge in [-0.2, -0.15) is 5.10 Å². The number of phenolic OH excluding ortho intramolecular Hbond substituents is 2. The molecule has 1 amide bonds. The first-order valence-corrected chi connectivity index (χ1v) is 12.2. The molecule has 10 nitrogen and oxygen atoms in total. The lowest BCUT2D eigenvalue weighted by Crippen LogP contribution is -2.41. The second kappa shape index (κ2) is 10.6. The Morgan fingerprint density at radius 2 is 1.75 bits per heavy atom. The van der Waals surface area contributed by atoms with Crippen LogP contribution in [0.3, 0.4) is 0 Å². The van der Waals surface area contributed by atoms with Crippen LogP contribution < -0.4 is 15.5 Å². The van der Waals surface area contributed by atoms with Crippen molar-refractivity contribution in [3.05, 3.63) is 47.5 Å². The maximum atomic E-state index is 12.6. The number of hydrogen-bond donors (Lipinski definition) is 3. The molecule has 1 saturated heterocycles. The summed E-state index contributed by atoms with van der Waals surface area (Å²) >= 11 is 0. The minimum absolute atomic E-state index is 0.0266. The van der Waals surface area contributed by atoms with Crippen molar-refractivity contribution in [1.29, 1.82) is 0 Å². The van der Waals surface area contributed by atoms with Crippen molar-refractivity contribution in [2.75, 3.05) is 63.3 Å². The molecule has 0 aliphatic carbocycles. The number of morpholine rings is 1. The summed E-state index contributed by atoms with van der Waals surface area (Å²) < 4.78 is 5.46. The van der Waals surface area contributed by atoms with Gasteiger partial charge in [-0.15, -0.1) is 0 Å². The summed E-state index contributed by atoms with van der Waals surface area (Å²) in [6.45, 7) is 8.12. The van der Waals surface area contributed by atoms with E-state index in [1.54, 1.807) is 16.0 Å². The lowest BCUT2D eigenvalue weighted by molar-refractivity contribution is -0.112. The highest BCUT2D eigenvalue weighted by molar-refractivity contribution is 6.43. The SMILES string of the molecule is CC(C)c1cc(C2N(CCN(C)C)N=C(C(N)=O)N2c2ccc(N3CCOCC3)cc2)c(O)cc1O. The fraction of sp³-hybridized carbons (Fsp3) is 0.462. The van der Waals surface area contributed by atoms with Crippen LogP contribution in [-0.2, 0) is 9.53 Å². The van der Waals surface area contributed by atoms with Gasteiger partial charge in [-0.05, 0) is 55.9 Å². The number of amidine groups is 1. The van der Waals surface area contributed by atoms with E-state index in [1.807, 2.05) is 57.1 Å². The fourth-order valence-electron chi connectivity index (χ4n) is 4.61. The molecule has 2 aliphatic heterocycles. The maximum Gasteiger partial charge on any atom is 0.286 e. The zero-order valence-electron chi connectivity index (χ0n) is 21.4. The second-order valence-electron chi connectivity index (χ2n) is 9.74. The van der Waals surface area contributed by atoms with Gasteiger partial charge in [0.1, 0.15) is 11.5 Å². The summed E-state index contributed by atoms with van der Waals surface area (Å²) in [5.41, 5.74) is 8.82. The quantitative estimate of drug-likeness (QED) is 0.509. The minimum Gasteiger partial charge on any atom is -0.508 e. The number of nitrogens with two attached hydrogens (primary N) is 1. The molecule has 0 saturated carbocycles. The van der Waals surface area contributed by atoms with Gasteiger partial charge in [-0.25, -0.2) is 0 Å². The Hall–Kier alpha value is -3.50. The third kappa shape index (κ3) is 5.19. The number of hydrazone groups is 1. The van der Waals surface area contributed by atoms with Crippen LogP contribution in [0.5, 0.6) is 11.5 Å². The summed E-state index contributed by atoms with van der Waals surface area (Å²) in [7, 11) is 3.92. The molecule has 1 unspecified atom stereocenters. The molecule has 2 aromatic rings. The number of nitrogens with zero attached hydrogens (tertiary/aromatic N) is 5. The van der Waals surface area contributed by atoms with Crippen LogP contribution in [-0.4, -0.2) is 85.4 Å². The number of hydrogen-bond acceptors (Lipinski definition) is 9. The number of amides is 1. The van der Waals surface area contributed by atoms with Crippen molar-refractivity contribution in [3.8, 4) is 11.5 Å². The van der Waals surface area contributed by atoms with Crippen molar-refractivity contribution >= 4 is 23.1 Å². The third-order valence-corrected chi connectivity index (χ3v) is 6.56. The topological polar surface area (TPSA) is 118 Å². The van der Waals surface area contributed by atoms with E-state index in [9.17, 15) is 15.0 Å². The summed E-state index contributed by atoms with van der Waals surface area (Å²) in [5, 5.41) is 27.8. The highest BCUT2D eigenvalue weighted by Gasteiger charge is 2.40. The molecule has 0 spiro atoms. The van der Waals surface area contributed by atoms with E-state index < -0.39 is 12.1 Å². The van der Waals surface area contributed by atoms with E-state index >= 15 is 0 Å². The number of likely N-dealkylation sites (N-methyl/N-ethyl adjacent to an activating group) is 1. The predicted octanol–water partition coefficient (Wildman–Crippen LogP) is 2.24. The molecule has 4 rings (SSSR count). The number of carbonyl (C=O) groups is 1. The van der Waals surface area contributed by atoms with Crippen LogP contribution >= 0.6 is 0 Å². The summed E-state index contributed by atoms with van der Waals surface area (Å²) in [5.74, 6) is -0.587. The number of benzene rings is 2. The Balaban J connectivity index is 1.79. The number of anilines is 2. The molecule has 2 aromatic carbocycles. The van der Waals surface area contributed by atoms with Crippen LogP contribution in [0.25, 0.3) is 0 Å². The molecule has 36 heavy (non-hydrogen) atoms. The Morgan fingerprint density at radius 3 is 2.33 bits per heavy atom. The fourth-order valence-corrected chi connectivity index (χ4v) is 4.61. The first-order valence-electron chi connectivity index (χ1n) is 12.2. The van der Waals surface area contributed by atoms with Gasteiger partial charge < -0.3 is 30.5 Å². The zero-order valence-corrected chi connectivity index (χ0v) is 21.4. The lowest BCUT2D eigenvalue weighted by atomic mass is 9.97. The standard InChI is InChI=1S/C26H36N6O4/c1-17(2)20-15-21(23(34)16-22(20)33)26-31(10-9-29(3)4)28-25(24(27)35)32(26)19-7-5-18(6-8-19)30-11-13-36-14-12-30/h5-8,15-17,26,33-34H,9-14H2,1-4H3,(H2,27,35). The van der Waals surface area contributed by atoms with E-state index in [1.165, 1.54) is 6.07 Å². The molecule has 0 bridgehead atoms. The van der Waals surface area contributed by atoms with Gasteiger partial charge in [-0.1, -0.05) is 13.8 Å². The lowest BCUT2D eigenvalue weighted by Gasteiger charge is -2.34. The smallest absolute Gasteiger partial charge is 0.286 e. The van der Waals surface area contributed by atoms with E-state index in [0.29, 0.717) is 37.4 Å². The average molecular weight is 497 g/mol. The highest BCUT2D eigenvalue weighted by atomic mass is 16.5. The van der Waals surface area contributed by atoms with Crippen molar-refractivity contribution in [3.63, 3.8) is 0 Å². The molecule has 2 heterocycles. The zero-order chi connectivity index (χ0) is 26.0. The number of ether oxygens (including phenoxy) is 1. The first kappa shape index (κ1) is 25.6. The van der Waals surface area contributed by atoms with E-state index in [2.05, 4.69) is 10.0 Å². The molecule has 194 valence electrons. The molecule has 1 fully saturated rings. The van der Waals surface area contributed by atoms with E-state index in [0.717, 1.165) is 24.5 Å². The second-order valence-corrected chi connectivity index (χ2v) is 9.74. The van der Waals surface area contributed by atoms with Crippen molar-refractivity contribution < 1.29 is 19.7 Å². The maximum absolute atomic E-state index is 12.6. The Bertz CT molecular complexity index is 1110. The molecule has 1 atom stereocenters. The number of carbonyl (C=O) groups excluding carboxylic acids is 1. The molecule has 4 N–H and O–H groups in total. The normalized spacial score (nSPS) is 18.3. The first-order chi connectivity index (χ1) is 17.2. The van der Waals surface area contributed by atoms with Crippen molar-refractivity contribution in [2.45, 2.75) is 25.9 Å². The van der Waals surface area contributed by atoms with Crippen LogP contribution in [0, 0.1) is 0 Å². The number of phenols is 2. The molecular weight excluding hydrogens is 460 g/mol. The van der Waals surface area contributed by atoms with Crippen LogP contribution in [0.1, 0.15) is 37.1 Å². The monoisotopic (exact) mass is 496 g/mol. The van der Waals surface area contributed by atoms with Crippen LogP contribution in [0.15, 0.2) is 41.5 Å². The van der Waals surface area contributed by atoms with Gasteiger partial charge in [0.2, 0.25) is 5.84 Å². The summed E-state index contributed by atoms with van der Waals surface area (Å²) in [6.07, 6.45) is -0.625. The van der Waals surface area contributed by atoms with Gasteiger partial charge in [-0.3, -0.25) is 14.7 Å². The largest absolute Gasteiger partial charge is 0.508 e. The van der Waals surface area contributed by atoms with Gasteiger partial charge >= 0.3 is 0 Å². The summed E-state index contributed by atoms with van der Waals surface area (Å²) in [6, 6.07) is 11.0. The van der Waals surface area contributed by atoms with E-state index in [-0.39, 0.29) is 23.3 Å². The number of aromatic hydroxyl groups is 2. The minimum atomic E-state index is -0.660. The molecule has 2 aliphatic rings. The molecular formula is C26H36N6O4.